The molecule has 0 amide bonds. The van der Waals surface area contributed by atoms with Crippen molar-refractivity contribution in [3.05, 3.63) is 66.0 Å². The van der Waals surface area contributed by atoms with Gasteiger partial charge in [0.1, 0.15) is 5.82 Å². The van der Waals surface area contributed by atoms with Crippen molar-refractivity contribution in [3.8, 4) is 0 Å². The zero-order chi connectivity index (χ0) is 18.5. The van der Waals surface area contributed by atoms with E-state index in [4.69, 9.17) is 4.98 Å². The standard InChI is InChI=1S/C22H27N5/c1-26-12-5-13-27(15-14-26)22-19(7-3-11-25-22)17-23-16-18-6-2-9-21-20(18)8-4-10-24-21/h2-4,6-11,23H,5,12-17H2,1H3. The lowest BCUT2D eigenvalue weighted by molar-refractivity contribution is 0.360. The summed E-state index contributed by atoms with van der Waals surface area (Å²) in [6, 6.07) is 14.7. The first kappa shape index (κ1) is 17.9. The summed E-state index contributed by atoms with van der Waals surface area (Å²) in [6.45, 7) is 5.99. The molecule has 0 unspecified atom stereocenters. The Bertz CT molecular complexity index is 889. The third kappa shape index (κ3) is 4.26. The average Bonchev–Trinajstić information content (AvgIpc) is 2.93. The van der Waals surface area contributed by atoms with Crippen molar-refractivity contribution in [2.75, 3.05) is 38.1 Å². The smallest absolute Gasteiger partial charge is 0.133 e. The van der Waals surface area contributed by atoms with Crippen LogP contribution in [0.3, 0.4) is 0 Å². The molecule has 1 fully saturated rings. The lowest BCUT2D eigenvalue weighted by Gasteiger charge is -2.24. The highest BCUT2D eigenvalue weighted by Crippen LogP contribution is 2.20. The molecule has 3 heterocycles. The van der Waals surface area contributed by atoms with Crippen molar-refractivity contribution >= 4 is 16.7 Å². The van der Waals surface area contributed by atoms with Crippen LogP contribution in [0.5, 0.6) is 0 Å². The van der Waals surface area contributed by atoms with Crippen molar-refractivity contribution < 1.29 is 0 Å². The zero-order valence-corrected chi connectivity index (χ0v) is 15.9. The van der Waals surface area contributed by atoms with E-state index in [1.807, 2.05) is 24.5 Å². The minimum Gasteiger partial charge on any atom is -0.355 e. The Labute approximate surface area is 161 Å². The second kappa shape index (κ2) is 8.46. The van der Waals surface area contributed by atoms with E-state index in [-0.39, 0.29) is 0 Å². The van der Waals surface area contributed by atoms with Gasteiger partial charge in [-0.1, -0.05) is 24.3 Å². The average molecular weight is 361 g/mol. The monoisotopic (exact) mass is 361 g/mol. The van der Waals surface area contributed by atoms with E-state index in [0.717, 1.165) is 50.6 Å². The van der Waals surface area contributed by atoms with Crippen LogP contribution in [0.4, 0.5) is 5.82 Å². The van der Waals surface area contributed by atoms with Crippen molar-refractivity contribution in [2.24, 2.45) is 0 Å². The van der Waals surface area contributed by atoms with Gasteiger partial charge in [-0.05, 0) is 43.8 Å². The van der Waals surface area contributed by atoms with Gasteiger partial charge in [0.25, 0.3) is 0 Å². The molecule has 0 aliphatic carbocycles. The number of hydrogen-bond donors (Lipinski definition) is 1. The van der Waals surface area contributed by atoms with Gasteiger partial charge in [-0.2, -0.15) is 0 Å². The summed E-state index contributed by atoms with van der Waals surface area (Å²) in [6.07, 6.45) is 4.94. The predicted molar refractivity (Wildman–Crippen MR) is 111 cm³/mol. The summed E-state index contributed by atoms with van der Waals surface area (Å²) in [5.41, 5.74) is 3.59. The van der Waals surface area contributed by atoms with Gasteiger partial charge in [-0.15, -0.1) is 0 Å². The quantitative estimate of drug-likeness (QED) is 0.757. The maximum atomic E-state index is 4.70. The zero-order valence-electron chi connectivity index (χ0n) is 15.9. The molecule has 2 aromatic heterocycles. The van der Waals surface area contributed by atoms with Crippen molar-refractivity contribution in [1.29, 1.82) is 0 Å². The largest absolute Gasteiger partial charge is 0.355 e. The molecule has 4 rings (SSSR count). The van der Waals surface area contributed by atoms with Crippen LogP contribution in [0.2, 0.25) is 0 Å². The van der Waals surface area contributed by atoms with Gasteiger partial charge in [0.15, 0.2) is 0 Å². The molecule has 27 heavy (non-hydrogen) atoms. The number of nitrogens with zero attached hydrogens (tertiary/aromatic N) is 4. The van der Waals surface area contributed by atoms with Gasteiger partial charge < -0.3 is 15.1 Å². The highest BCUT2D eigenvalue weighted by atomic mass is 15.2. The number of aromatic nitrogens is 2. The molecule has 5 heteroatoms. The number of pyridine rings is 2. The highest BCUT2D eigenvalue weighted by molar-refractivity contribution is 5.81. The molecule has 1 aromatic carbocycles. The third-order valence-electron chi connectivity index (χ3n) is 5.25. The van der Waals surface area contributed by atoms with Crippen LogP contribution in [0.1, 0.15) is 17.5 Å². The third-order valence-corrected chi connectivity index (χ3v) is 5.25. The maximum Gasteiger partial charge on any atom is 0.133 e. The Balaban J connectivity index is 1.45. The Morgan fingerprint density at radius 3 is 2.63 bits per heavy atom. The van der Waals surface area contributed by atoms with Gasteiger partial charge in [0.05, 0.1) is 5.52 Å². The Morgan fingerprint density at radius 1 is 0.852 bits per heavy atom. The van der Waals surface area contributed by atoms with Crippen LogP contribution >= 0.6 is 0 Å². The maximum absolute atomic E-state index is 4.70. The lowest BCUT2D eigenvalue weighted by Crippen LogP contribution is -2.30. The van der Waals surface area contributed by atoms with Crippen LogP contribution < -0.4 is 10.2 Å². The van der Waals surface area contributed by atoms with E-state index < -0.39 is 0 Å². The number of anilines is 1. The van der Waals surface area contributed by atoms with Crippen LogP contribution in [0.25, 0.3) is 10.9 Å². The number of benzene rings is 1. The van der Waals surface area contributed by atoms with Gasteiger partial charge in [-0.25, -0.2) is 4.98 Å². The molecule has 0 atom stereocenters. The Kier molecular flexibility index (Phi) is 5.61. The Hall–Kier alpha value is -2.50. The van der Waals surface area contributed by atoms with Crippen molar-refractivity contribution in [2.45, 2.75) is 19.5 Å². The molecule has 1 aliphatic heterocycles. The van der Waals surface area contributed by atoms with Gasteiger partial charge in [0.2, 0.25) is 0 Å². The van der Waals surface area contributed by atoms with E-state index in [2.05, 4.69) is 57.5 Å². The lowest BCUT2D eigenvalue weighted by atomic mass is 10.1. The predicted octanol–water partition coefficient (Wildman–Crippen LogP) is 3.06. The normalized spacial score (nSPS) is 15.8. The molecule has 1 N–H and O–H groups in total. The SMILES string of the molecule is CN1CCCN(c2ncccc2CNCc2cccc3ncccc23)CC1. The van der Waals surface area contributed by atoms with E-state index in [0.29, 0.717) is 0 Å². The molecule has 140 valence electrons. The second-order valence-electron chi connectivity index (χ2n) is 7.22. The molecular weight excluding hydrogens is 334 g/mol. The number of likely N-dealkylation sites (N-methyl/N-ethyl adjacent to an activating group) is 1. The number of hydrogen-bond acceptors (Lipinski definition) is 5. The summed E-state index contributed by atoms with van der Waals surface area (Å²) >= 11 is 0. The number of fused-ring (bicyclic) bond motifs is 1. The van der Waals surface area contributed by atoms with E-state index >= 15 is 0 Å². The summed E-state index contributed by atoms with van der Waals surface area (Å²) < 4.78 is 0. The van der Waals surface area contributed by atoms with Crippen LogP contribution in [0.15, 0.2) is 54.9 Å². The summed E-state index contributed by atoms with van der Waals surface area (Å²) in [5.74, 6) is 1.12. The topological polar surface area (TPSA) is 44.3 Å². The molecular formula is C22H27N5. The first-order chi connectivity index (χ1) is 13.3. The first-order valence-electron chi connectivity index (χ1n) is 9.72. The second-order valence-corrected chi connectivity index (χ2v) is 7.22. The minimum absolute atomic E-state index is 0.812. The first-order valence-corrected chi connectivity index (χ1v) is 9.72. The van der Waals surface area contributed by atoms with Crippen LogP contribution in [-0.4, -0.2) is 48.1 Å². The summed E-state index contributed by atoms with van der Waals surface area (Å²) in [7, 11) is 2.20. The molecule has 0 bridgehead atoms. The summed E-state index contributed by atoms with van der Waals surface area (Å²) in [5, 5.41) is 4.83. The molecule has 3 aromatic rings. The fourth-order valence-electron chi connectivity index (χ4n) is 3.76. The molecule has 0 spiro atoms. The fraction of sp³-hybridized carbons (Fsp3) is 0.364. The van der Waals surface area contributed by atoms with E-state index in [1.54, 1.807) is 0 Å². The van der Waals surface area contributed by atoms with Gasteiger partial charge in [-0.3, -0.25) is 4.98 Å². The van der Waals surface area contributed by atoms with Crippen LogP contribution in [-0.2, 0) is 13.1 Å². The summed E-state index contributed by atoms with van der Waals surface area (Å²) in [4.78, 5) is 14.0. The number of nitrogens with one attached hydrogen (secondary N) is 1. The van der Waals surface area contributed by atoms with Crippen LogP contribution in [0, 0.1) is 0 Å². The molecule has 1 saturated heterocycles. The Morgan fingerprint density at radius 2 is 1.67 bits per heavy atom. The molecule has 5 nitrogen and oxygen atoms in total. The van der Waals surface area contributed by atoms with Gasteiger partial charge in [0, 0.05) is 56.1 Å². The van der Waals surface area contributed by atoms with Crippen molar-refractivity contribution in [1.82, 2.24) is 20.2 Å². The molecule has 1 aliphatic rings. The molecule has 0 saturated carbocycles. The highest BCUT2D eigenvalue weighted by Gasteiger charge is 2.16. The van der Waals surface area contributed by atoms with E-state index in [1.165, 1.54) is 22.9 Å². The van der Waals surface area contributed by atoms with Gasteiger partial charge >= 0.3 is 0 Å². The minimum atomic E-state index is 0.812. The van der Waals surface area contributed by atoms with E-state index in [9.17, 15) is 0 Å². The number of rotatable bonds is 5. The fourth-order valence-corrected chi connectivity index (χ4v) is 3.76. The molecule has 0 radical (unpaired) electrons. The van der Waals surface area contributed by atoms with Crippen molar-refractivity contribution in [3.63, 3.8) is 0 Å².